The molecule has 1 rings (SSSR count). The van der Waals surface area contributed by atoms with Gasteiger partial charge in [0.1, 0.15) is 0 Å². The third-order valence-electron chi connectivity index (χ3n) is 5.23. The zero-order valence-corrected chi connectivity index (χ0v) is 14.0. The lowest BCUT2D eigenvalue weighted by molar-refractivity contribution is 0.123. The average molecular weight is 271 g/mol. The summed E-state index contributed by atoms with van der Waals surface area (Å²) in [6.45, 7) is 7.21. The van der Waals surface area contributed by atoms with E-state index in [2.05, 4.69) is 38.8 Å². The lowest BCUT2D eigenvalue weighted by atomic mass is 9.64. The summed E-state index contributed by atoms with van der Waals surface area (Å²) in [6, 6.07) is 0. The minimum Gasteiger partial charge on any atom is -0.159 e. The van der Waals surface area contributed by atoms with Crippen molar-refractivity contribution in [2.45, 2.75) is 89.7 Å². The van der Waals surface area contributed by atoms with Gasteiger partial charge in [0.25, 0.3) is 0 Å². The van der Waals surface area contributed by atoms with E-state index >= 15 is 0 Å². The van der Waals surface area contributed by atoms with Gasteiger partial charge in [0, 0.05) is 4.75 Å². The Hall–Kier alpha value is 0.350. The second kappa shape index (κ2) is 8.51. The van der Waals surface area contributed by atoms with E-state index in [9.17, 15) is 0 Å². The molecular formula is C17H34S. The molecule has 3 atom stereocenters. The van der Waals surface area contributed by atoms with E-state index in [4.69, 9.17) is 0 Å². The Bertz CT molecular complexity index is 214. The van der Waals surface area contributed by atoms with Crippen molar-refractivity contribution in [1.29, 1.82) is 0 Å². The van der Waals surface area contributed by atoms with Crippen molar-refractivity contribution in [3.05, 3.63) is 0 Å². The third kappa shape index (κ3) is 4.79. The van der Waals surface area contributed by atoms with Crippen molar-refractivity contribution in [2.75, 3.05) is 6.26 Å². The first kappa shape index (κ1) is 16.4. The Morgan fingerprint density at radius 1 is 1.00 bits per heavy atom. The molecule has 0 nitrogen and oxygen atoms in total. The first-order valence-corrected chi connectivity index (χ1v) is 9.41. The van der Waals surface area contributed by atoms with Crippen molar-refractivity contribution >= 4 is 11.8 Å². The van der Waals surface area contributed by atoms with E-state index in [1.807, 2.05) is 0 Å². The summed E-state index contributed by atoms with van der Waals surface area (Å²) >= 11 is 2.08. The van der Waals surface area contributed by atoms with E-state index < -0.39 is 0 Å². The molecule has 0 aromatic carbocycles. The van der Waals surface area contributed by atoms with Crippen LogP contribution in [0.2, 0.25) is 0 Å². The predicted octanol–water partition coefficient (Wildman–Crippen LogP) is 6.29. The summed E-state index contributed by atoms with van der Waals surface area (Å²) < 4.78 is 0.602. The maximum atomic E-state index is 2.47. The lowest BCUT2D eigenvalue weighted by Gasteiger charge is -2.51. The fraction of sp³-hybridized carbons (Fsp3) is 1.00. The normalized spacial score (nSPS) is 31.3. The van der Waals surface area contributed by atoms with Crippen molar-refractivity contribution in [2.24, 2.45) is 11.8 Å². The van der Waals surface area contributed by atoms with Gasteiger partial charge in [0.2, 0.25) is 0 Å². The highest BCUT2D eigenvalue weighted by molar-refractivity contribution is 8.00. The van der Waals surface area contributed by atoms with E-state index in [0.29, 0.717) is 4.75 Å². The molecule has 1 fully saturated rings. The Labute approximate surface area is 120 Å². The van der Waals surface area contributed by atoms with Gasteiger partial charge in [-0.25, -0.2) is 0 Å². The zero-order valence-electron chi connectivity index (χ0n) is 13.1. The number of thioether (sulfide) groups is 1. The van der Waals surface area contributed by atoms with Crippen molar-refractivity contribution in [1.82, 2.24) is 0 Å². The molecule has 0 aromatic heterocycles. The molecular weight excluding hydrogens is 236 g/mol. The summed E-state index contributed by atoms with van der Waals surface area (Å²) in [5.74, 6) is 1.97. The molecule has 0 N–H and O–H groups in total. The van der Waals surface area contributed by atoms with Crippen LogP contribution in [0.25, 0.3) is 0 Å². The topological polar surface area (TPSA) is 0 Å². The molecule has 3 unspecified atom stereocenters. The van der Waals surface area contributed by atoms with Gasteiger partial charge in [0.05, 0.1) is 0 Å². The quantitative estimate of drug-likeness (QED) is 0.420. The minimum atomic E-state index is 0.602. The lowest BCUT2D eigenvalue weighted by Crippen LogP contribution is -2.47. The molecule has 18 heavy (non-hydrogen) atoms. The van der Waals surface area contributed by atoms with Gasteiger partial charge in [0.15, 0.2) is 0 Å². The first-order chi connectivity index (χ1) is 8.64. The van der Waals surface area contributed by atoms with Gasteiger partial charge >= 0.3 is 0 Å². The largest absolute Gasteiger partial charge is 0.159 e. The van der Waals surface area contributed by atoms with E-state index in [1.54, 1.807) is 0 Å². The summed E-state index contributed by atoms with van der Waals surface area (Å²) in [5, 5.41) is 0. The monoisotopic (exact) mass is 270 g/mol. The molecule has 0 radical (unpaired) electrons. The highest BCUT2D eigenvalue weighted by Gasteiger charge is 2.46. The first-order valence-electron chi connectivity index (χ1n) is 8.19. The van der Waals surface area contributed by atoms with Crippen LogP contribution in [0, 0.1) is 11.8 Å². The molecule has 108 valence electrons. The molecule has 0 aliphatic heterocycles. The Morgan fingerprint density at radius 3 is 2.06 bits per heavy atom. The Morgan fingerprint density at radius 2 is 1.56 bits per heavy atom. The number of hydrogen-bond donors (Lipinski definition) is 0. The molecule has 0 heterocycles. The summed E-state index contributed by atoms with van der Waals surface area (Å²) in [5.41, 5.74) is 0. The van der Waals surface area contributed by atoms with Crippen LogP contribution in [0.3, 0.4) is 0 Å². The van der Waals surface area contributed by atoms with Crippen molar-refractivity contribution in [3.63, 3.8) is 0 Å². The molecule has 0 aromatic rings. The number of unbranched alkanes of at least 4 members (excludes halogenated alkanes) is 7. The highest BCUT2D eigenvalue weighted by Crippen LogP contribution is 2.53. The maximum Gasteiger partial charge on any atom is 0.0160 e. The standard InChI is InChI=1S/C17H34S/c1-5-6-7-8-9-10-11-12-13-16-14-17(3,18-4)15(16)2/h15-16H,5-14H2,1-4H3. The van der Waals surface area contributed by atoms with Crippen LogP contribution < -0.4 is 0 Å². The van der Waals surface area contributed by atoms with Crippen LogP contribution in [0.4, 0.5) is 0 Å². The third-order valence-corrected chi connectivity index (χ3v) is 6.70. The van der Waals surface area contributed by atoms with Gasteiger partial charge in [-0.1, -0.05) is 78.6 Å². The second-order valence-electron chi connectivity index (χ2n) is 6.53. The second-order valence-corrected chi connectivity index (χ2v) is 7.87. The van der Waals surface area contributed by atoms with E-state index in [-0.39, 0.29) is 0 Å². The van der Waals surface area contributed by atoms with Crippen LogP contribution in [0.15, 0.2) is 0 Å². The molecule has 1 heteroatoms. The molecule has 0 bridgehead atoms. The van der Waals surface area contributed by atoms with Gasteiger partial charge in [-0.3, -0.25) is 0 Å². The zero-order chi connectivity index (χ0) is 13.4. The van der Waals surface area contributed by atoms with Crippen LogP contribution in [0.5, 0.6) is 0 Å². The molecule has 0 amide bonds. The van der Waals surface area contributed by atoms with Crippen LogP contribution in [-0.2, 0) is 0 Å². The number of hydrogen-bond acceptors (Lipinski definition) is 1. The fourth-order valence-electron chi connectivity index (χ4n) is 3.38. The molecule has 1 aliphatic carbocycles. The average Bonchev–Trinajstić information content (AvgIpc) is 2.39. The van der Waals surface area contributed by atoms with Gasteiger partial charge in [-0.15, -0.1) is 0 Å². The van der Waals surface area contributed by atoms with Crippen LogP contribution in [0.1, 0.15) is 85.0 Å². The SMILES string of the molecule is CCCCCCCCCCC1CC(C)(SC)C1C. The summed E-state index contributed by atoms with van der Waals surface area (Å²) in [7, 11) is 0. The van der Waals surface area contributed by atoms with Gasteiger partial charge in [-0.05, 0) is 24.5 Å². The molecule has 0 saturated heterocycles. The van der Waals surface area contributed by atoms with E-state index in [0.717, 1.165) is 11.8 Å². The molecule has 1 saturated carbocycles. The molecule has 1 aliphatic rings. The summed E-state index contributed by atoms with van der Waals surface area (Å²) in [6.07, 6.45) is 16.9. The molecule has 0 spiro atoms. The number of rotatable bonds is 10. The van der Waals surface area contributed by atoms with Crippen LogP contribution >= 0.6 is 11.8 Å². The van der Waals surface area contributed by atoms with Crippen molar-refractivity contribution < 1.29 is 0 Å². The Balaban J connectivity index is 1.91. The summed E-state index contributed by atoms with van der Waals surface area (Å²) in [4.78, 5) is 0. The highest BCUT2D eigenvalue weighted by atomic mass is 32.2. The van der Waals surface area contributed by atoms with E-state index in [1.165, 1.54) is 64.2 Å². The minimum absolute atomic E-state index is 0.602. The van der Waals surface area contributed by atoms with Crippen LogP contribution in [-0.4, -0.2) is 11.0 Å². The maximum absolute atomic E-state index is 2.47. The fourth-order valence-corrected chi connectivity index (χ4v) is 4.33. The Kier molecular flexibility index (Phi) is 7.75. The van der Waals surface area contributed by atoms with Gasteiger partial charge < -0.3 is 0 Å². The smallest absolute Gasteiger partial charge is 0.0160 e. The van der Waals surface area contributed by atoms with Crippen molar-refractivity contribution in [3.8, 4) is 0 Å². The van der Waals surface area contributed by atoms with Gasteiger partial charge in [-0.2, -0.15) is 11.8 Å². The predicted molar refractivity (Wildman–Crippen MR) is 86.4 cm³/mol.